The van der Waals surface area contributed by atoms with E-state index in [-0.39, 0.29) is 5.82 Å². The fourth-order valence-corrected chi connectivity index (χ4v) is 1.75. The summed E-state index contributed by atoms with van der Waals surface area (Å²) >= 11 is 3.12. The Kier molecular flexibility index (Phi) is 4.09. The van der Waals surface area contributed by atoms with Crippen molar-refractivity contribution in [1.29, 1.82) is 0 Å². The van der Waals surface area contributed by atoms with Gasteiger partial charge in [-0.2, -0.15) is 0 Å². The van der Waals surface area contributed by atoms with Crippen molar-refractivity contribution < 1.29 is 4.39 Å². The zero-order valence-corrected chi connectivity index (χ0v) is 10.7. The van der Waals surface area contributed by atoms with E-state index in [9.17, 15) is 4.39 Å². The average Bonchev–Trinajstić information content (AvgIpc) is 2.35. The molecule has 2 nitrogen and oxygen atoms in total. The van der Waals surface area contributed by atoms with Crippen molar-refractivity contribution in [2.45, 2.75) is 6.42 Å². The number of rotatable bonds is 4. The Hall–Kier alpha value is -1.42. The molecule has 1 aromatic carbocycles. The van der Waals surface area contributed by atoms with Crippen LogP contribution in [0.3, 0.4) is 0 Å². The highest BCUT2D eigenvalue weighted by Crippen LogP contribution is 2.19. The first-order chi connectivity index (χ1) is 8.25. The molecule has 0 aliphatic heterocycles. The lowest BCUT2D eigenvalue weighted by atomic mass is 10.2. The molecule has 17 heavy (non-hydrogen) atoms. The molecule has 1 aromatic heterocycles. The van der Waals surface area contributed by atoms with Gasteiger partial charge >= 0.3 is 0 Å². The molecule has 0 aliphatic rings. The first kappa shape index (κ1) is 12.0. The summed E-state index contributed by atoms with van der Waals surface area (Å²) in [6.45, 7) is 0.769. The first-order valence-corrected chi connectivity index (χ1v) is 6.13. The van der Waals surface area contributed by atoms with Crippen LogP contribution < -0.4 is 5.32 Å². The number of aromatic nitrogens is 1. The first-order valence-electron chi connectivity index (χ1n) is 5.33. The zero-order chi connectivity index (χ0) is 12.1. The van der Waals surface area contributed by atoms with E-state index in [1.165, 1.54) is 11.6 Å². The molecule has 0 saturated carbocycles. The van der Waals surface area contributed by atoms with Crippen LogP contribution in [0.2, 0.25) is 0 Å². The molecule has 88 valence electrons. The van der Waals surface area contributed by atoms with E-state index in [0.29, 0.717) is 4.47 Å². The number of nitrogens with one attached hydrogen (secondary N) is 1. The van der Waals surface area contributed by atoms with Crippen molar-refractivity contribution >= 4 is 21.6 Å². The highest BCUT2D eigenvalue weighted by Gasteiger charge is 2.00. The molecule has 1 heterocycles. The van der Waals surface area contributed by atoms with E-state index in [1.807, 2.05) is 18.2 Å². The maximum atomic E-state index is 13.2. The number of halogens is 2. The van der Waals surface area contributed by atoms with E-state index < -0.39 is 0 Å². The predicted octanol–water partition coefficient (Wildman–Crippen LogP) is 3.64. The van der Waals surface area contributed by atoms with Crippen molar-refractivity contribution in [3.8, 4) is 0 Å². The predicted molar refractivity (Wildman–Crippen MR) is 70.5 cm³/mol. The molecule has 0 saturated heterocycles. The Morgan fingerprint density at radius 3 is 2.65 bits per heavy atom. The summed E-state index contributed by atoms with van der Waals surface area (Å²) in [7, 11) is 0. The third-order valence-electron chi connectivity index (χ3n) is 2.41. The fraction of sp³-hybridized carbons (Fsp3) is 0.154. The van der Waals surface area contributed by atoms with Crippen LogP contribution in [-0.4, -0.2) is 11.5 Å². The Balaban J connectivity index is 1.88. The summed E-state index contributed by atoms with van der Waals surface area (Å²) in [5.41, 5.74) is 2.00. The minimum atomic E-state index is -0.251. The maximum absolute atomic E-state index is 13.2. The van der Waals surface area contributed by atoms with Gasteiger partial charge in [-0.15, -0.1) is 0 Å². The molecule has 0 radical (unpaired) electrons. The Labute approximate surface area is 108 Å². The van der Waals surface area contributed by atoms with E-state index in [2.05, 4.69) is 26.2 Å². The highest BCUT2D eigenvalue weighted by atomic mass is 79.9. The van der Waals surface area contributed by atoms with Crippen molar-refractivity contribution in [3.05, 3.63) is 58.6 Å². The van der Waals surface area contributed by atoms with Crippen molar-refractivity contribution in [2.75, 3.05) is 11.9 Å². The minimum Gasteiger partial charge on any atom is -0.385 e. The van der Waals surface area contributed by atoms with Gasteiger partial charge < -0.3 is 5.32 Å². The highest BCUT2D eigenvalue weighted by molar-refractivity contribution is 9.10. The molecule has 0 amide bonds. The van der Waals surface area contributed by atoms with Gasteiger partial charge in [-0.3, -0.25) is 4.98 Å². The van der Waals surface area contributed by atoms with E-state index in [1.54, 1.807) is 18.5 Å². The number of benzene rings is 1. The summed E-state index contributed by atoms with van der Waals surface area (Å²) in [4.78, 5) is 3.96. The molecule has 4 heteroatoms. The van der Waals surface area contributed by atoms with Gasteiger partial charge in [-0.25, -0.2) is 4.39 Å². The molecule has 1 N–H and O–H groups in total. The molecular formula is C13H12BrFN2. The Morgan fingerprint density at radius 2 is 1.94 bits per heavy atom. The van der Waals surface area contributed by atoms with Gasteiger partial charge in [-0.05, 0) is 58.2 Å². The topological polar surface area (TPSA) is 24.9 Å². The summed E-state index contributed by atoms with van der Waals surface area (Å²) in [5.74, 6) is -0.251. The van der Waals surface area contributed by atoms with Gasteiger partial charge in [-0.1, -0.05) is 0 Å². The van der Waals surface area contributed by atoms with Crippen LogP contribution in [0.4, 0.5) is 10.1 Å². The maximum Gasteiger partial charge on any atom is 0.139 e. The van der Waals surface area contributed by atoms with Crippen LogP contribution in [0.15, 0.2) is 47.2 Å². The standard InChI is InChI=1S/C13H12BrFN2/c14-12-2-1-11(9-13(12)15)17-8-5-10-3-6-16-7-4-10/h1-4,6-7,9,17H,5,8H2. The third-order valence-corrected chi connectivity index (χ3v) is 3.05. The lowest BCUT2D eigenvalue weighted by molar-refractivity contribution is 0.621. The number of anilines is 1. The van der Waals surface area contributed by atoms with Gasteiger partial charge in [0.2, 0.25) is 0 Å². The molecular weight excluding hydrogens is 283 g/mol. The molecule has 0 aliphatic carbocycles. The fourth-order valence-electron chi connectivity index (χ4n) is 1.51. The lowest BCUT2D eigenvalue weighted by Crippen LogP contribution is -2.05. The molecule has 2 aromatic rings. The number of nitrogens with zero attached hydrogens (tertiary/aromatic N) is 1. The summed E-state index contributed by atoms with van der Waals surface area (Å²) in [6.07, 6.45) is 4.43. The normalized spacial score (nSPS) is 10.2. The molecule has 2 rings (SSSR count). The molecule has 0 bridgehead atoms. The average molecular weight is 295 g/mol. The van der Waals surface area contributed by atoms with E-state index >= 15 is 0 Å². The van der Waals surface area contributed by atoms with Gasteiger partial charge in [0, 0.05) is 24.6 Å². The number of hydrogen-bond donors (Lipinski definition) is 1. The summed E-state index contributed by atoms with van der Waals surface area (Å²) in [5, 5.41) is 3.18. The Morgan fingerprint density at radius 1 is 1.18 bits per heavy atom. The molecule has 0 fully saturated rings. The van der Waals surface area contributed by atoms with Gasteiger partial charge in [0.15, 0.2) is 0 Å². The lowest BCUT2D eigenvalue weighted by Gasteiger charge is -2.07. The van der Waals surface area contributed by atoms with Gasteiger partial charge in [0.1, 0.15) is 5.82 Å². The smallest absolute Gasteiger partial charge is 0.139 e. The molecule has 0 unspecified atom stereocenters. The second-order valence-corrected chi connectivity index (χ2v) is 4.52. The Bertz CT molecular complexity index is 488. The monoisotopic (exact) mass is 294 g/mol. The second-order valence-electron chi connectivity index (χ2n) is 3.66. The van der Waals surface area contributed by atoms with Crippen molar-refractivity contribution in [3.63, 3.8) is 0 Å². The van der Waals surface area contributed by atoms with Crippen LogP contribution >= 0.6 is 15.9 Å². The summed E-state index contributed by atoms with van der Waals surface area (Å²) < 4.78 is 13.7. The van der Waals surface area contributed by atoms with Crippen LogP contribution in [0, 0.1) is 5.82 Å². The number of hydrogen-bond acceptors (Lipinski definition) is 2. The van der Waals surface area contributed by atoms with Crippen LogP contribution in [0.25, 0.3) is 0 Å². The van der Waals surface area contributed by atoms with Crippen LogP contribution in [0.5, 0.6) is 0 Å². The van der Waals surface area contributed by atoms with Crippen LogP contribution in [0.1, 0.15) is 5.56 Å². The second kappa shape index (κ2) is 5.77. The van der Waals surface area contributed by atoms with Crippen molar-refractivity contribution in [2.24, 2.45) is 0 Å². The third kappa shape index (κ3) is 3.53. The molecule has 0 atom stereocenters. The van der Waals surface area contributed by atoms with Crippen LogP contribution in [-0.2, 0) is 6.42 Å². The van der Waals surface area contributed by atoms with E-state index in [0.717, 1.165) is 18.7 Å². The quantitative estimate of drug-likeness (QED) is 0.931. The summed E-state index contributed by atoms with van der Waals surface area (Å²) in [6, 6.07) is 8.98. The molecule has 0 spiro atoms. The zero-order valence-electron chi connectivity index (χ0n) is 9.16. The SMILES string of the molecule is Fc1cc(NCCc2ccncc2)ccc1Br. The van der Waals surface area contributed by atoms with E-state index in [4.69, 9.17) is 0 Å². The minimum absolute atomic E-state index is 0.251. The largest absolute Gasteiger partial charge is 0.385 e. The van der Waals surface area contributed by atoms with Gasteiger partial charge in [0.05, 0.1) is 4.47 Å². The number of pyridine rings is 1. The van der Waals surface area contributed by atoms with Crippen molar-refractivity contribution in [1.82, 2.24) is 4.98 Å². The van der Waals surface area contributed by atoms with Gasteiger partial charge in [0.25, 0.3) is 0 Å².